The number of hydrogen-bond acceptors (Lipinski definition) is 9. The average molecular weight is 547 g/mol. The number of nitrogens with one attached hydrogen (secondary N) is 3. The monoisotopic (exact) mass is 546 g/mol. The fraction of sp³-hybridized carbons (Fsp3) is 0.593. The Hall–Kier alpha value is -3.35. The van der Waals surface area contributed by atoms with Crippen LogP contribution in [0.4, 0.5) is 5.69 Å². The number of carbonyl (C=O) groups excluding carboxylic acids is 5. The van der Waals surface area contributed by atoms with Gasteiger partial charge in [0.05, 0.1) is 50.8 Å². The lowest BCUT2D eigenvalue weighted by Crippen LogP contribution is -2.54. The molecule has 12 nitrogen and oxygen atoms in total. The summed E-state index contributed by atoms with van der Waals surface area (Å²) in [6, 6.07) is 3.90. The summed E-state index contributed by atoms with van der Waals surface area (Å²) in [6.07, 6.45) is 3.74. The number of fused-ring (bicyclic) bond motifs is 1. The largest absolute Gasteiger partial charge is 0.382 e. The molecule has 3 rings (SSSR count). The predicted octanol–water partition coefficient (Wildman–Crippen LogP) is 1.25. The summed E-state index contributed by atoms with van der Waals surface area (Å²) in [7, 11) is 0. The summed E-state index contributed by atoms with van der Waals surface area (Å²) in [5.41, 5.74) is 0.913. The predicted molar refractivity (Wildman–Crippen MR) is 141 cm³/mol. The molecule has 1 aromatic carbocycles. The molecule has 0 spiro atoms. The zero-order chi connectivity index (χ0) is 28.0. The molecule has 5 amide bonds. The van der Waals surface area contributed by atoms with Gasteiger partial charge in [-0.1, -0.05) is 25.8 Å². The fourth-order valence-electron chi connectivity index (χ4n) is 4.32. The van der Waals surface area contributed by atoms with Gasteiger partial charge in [0.2, 0.25) is 17.7 Å². The zero-order valence-corrected chi connectivity index (χ0v) is 22.4. The summed E-state index contributed by atoms with van der Waals surface area (Å²) >= 11 is 0. The number of ether oxygens (including phenoxy) is 3. The number of nitrogens with zero attached hydrogens (tertiary/aromatic N) is 1. The van der Waals surface area contributed by atoms with Crippen LogP contribution in [-0.4, -0.2) is 93.2 Å². The van der Waals surface area contributed by atoms with Crippen molar-refractivity contribution in [1.82, 2.24) is 15.5 Å². The van der Waals surface area contributed by atoms with Crippen molar-refractivity contribution in [2.75, 3.05) is 58.0 Å². The molecule has 1 atom stereocenters. The van der Waals surface area contributed by atoms with Crippen LogP contribution in [0.2, 0.25) is 0 Å². The Kier molecular flexibility index (Phi) is 12.3. The second kappa shape index (κ2) is 15.9. The van der Waals surface area contributed by atoms with Gasteiger partial charge in [0.25, 0.3) is 11.8 Å². The number of benzene rings is 1. The summed E-state index contributed by atoms with van der Waals surface area (Å²) in [4.78, 5) is 62.2. The van der Waals surface area contributed by atoms with Crippen molar-refractivity contribution in [3.8, 4) is 0 Å². The van der Waals surface area contributed by atoms with Crippen molar-refractivity contribution in [1.29, 1.82) is 0 Å². The summed E-state index contributed by atoms with van der Waals surface area (Å²) < 4.78 is 16.4. The Balaban J connectivity index is 1.27. The fourth-order valence-corrected chi connectivity index (χ4v) is 4.32. The Morgan fingerprint density at radius 1 is 0.949 bits per heavy atom. The molecule has 3 N–H and O–H groups in total. The van der Waals surface area contributed by atoms with Crippen LogP contribution in [0.3, 0.4) is 0 Å². The molecule has 0 radical (unpaired) electrons. The van der Waals surface area contributed by atoms with Crippen molar-refractivity contribution >= 4 is 35.2 Å². The van der Waals surface area contributed by atoms with E-state index in [9.17, 15) is 24.0 Å². The van der Waals surface area contributed by atoms with Gasteiger partial charge < -0.3 is 24.8 Å². The van der Waals surface area contributed by atoms with E-state index >= 15 is 0 Å². The summed E-state index contributed by atoms with van der Waals surface area (Å²) in [5, 5.41) is 8.18. The Morgan fingerprint density at radius 3 is 2.38 bits per heavy atom. The number of piperidine rings is 1. The minimum Gasteiger partial charge on any atom is -0.382 e. The minimum atomic E-state index is -1.00. The molecule has 0 aromatic heterocycles. The van der Waals surface area contributed by atoms with Crippen LogP contribution in [0.1, 0.15) is 66.2 Å². The van der Waals surface area contributed by atoms with Gasteiger partial charge in [-0.2, -0.15) is 0 Å². The van der Waals surface area contributed by atoms with Crippen LogP contribution in [0.5, 0.6) is 0 Å². The van der Waals surface area contributed by atoms with Gasteiger partial charge in [-0.15, -0.1) is 0 Å². The highest BCUT2D eigenvalue weighted by molar-refractivity contribution is 6.25. The number of amides is 5. The second-order valence-electron chi connectivity index (χ2n) is 9.25. The lowest BCUT2D eigenvalue weighted by molar-refractivity contribution is -0.136. The zero-order valence-electron chi connectivity index (χ0n) is 22.4. The molecule has 1 aromatic rings. The van der Waals surface area contributed by atoms with Gasteiger partial charge in [0, 0.05) is 31.6 Å². The molecule has 214 valence electrons. The van der Waals surface area contributed by atoms with Gasteiger partial charge in [0.15, 0.2) is 0 Å². The molecule has 12 heteroatoms. The summed E-state index contributed by atoms with van der Waals surface area (Å²) in [6.45, 7) is 5.46. The maximum absolute atomic E-state index is 13.1. The second-order valence-corrected chi connectivity index (χ2v) is 9.25. The molecule has 2 heterocycles. The van der Waals surface area contributed by atoms with E-state index in [1.807, 2.05) is 0 Å². The molecule has 1 unspecified atom stereocenters. The molecule has 1 saturated heterocycles. The molecular formula is C27H38N4O8. The highest BCUT2D eigenvalue weighted by atomic mass is 16.5. The molecular weight excluding hydrogens is 508 g/mol. The number of unbranched alkanes of at least 4 members (excludes halogenated alkanes) is 2. The molecule has 2 aliphatic heterocycles. The average Bonchev–Trinajstić information content (AvgIpc) is 3.17. The standard InChI is InChI=1S/C27H38N4O8/c1-2-3-4-11-29-22(32)10-13-37-15-17-39-18-16-38-14-12-28-20-7-5-6-19-24(20)27(36)31(26(19)35)21-8-9-23(33)30-25(21)34/h5-7,21,28H,2-4,8-18H2,1H3,(H,29,32)(H,30,33,34). The van der Waals surface area contributed by atoms with Gasteiger partial charge in [-0.05, 0) is 25.0 Å². The van der Waals surface area contributed by atoms with Crippen LogP contribution >= 0.6 is 0 Å². The van der Waals surface area contributed by atoms with E-state index in [0.29, 0.717) is 64.8 Å². The first-order valence-corrected chi connectivity index (χ1v) is 13.5. The van der Waals surface area contributed by atoms with Crippen LogP contribution in [0, 0.1) is 0 Å². The first kappa shape index (κ1) is 30.2. The molecule has 0 bridgehead atoms. The van der Waals surface area contributed by atoms with Crippen molar-refractivity contribution < 1.29 is 38.2 Å². The number of imide groups is 2. The van der Waals surface area contributed by atoms with Gasteiger partial charge in [-0.3, -0.25) is 34.2 Å². The molecule has 2 aliphatic rings. The maximum atomic E-state index is 13.1. The van der Waals surface area contributed by atoms with Crippen molar-refractivity contribution in [2.24, 2.45) is 0 Å². The highest BCUT2D eigenvalue weighted by Gasteiger charge is 2.45. The van der Waals surface area contributed by atoms with Crippen molar-refractivity contribution in [3.05, 3.63) is 29.3 Å². The van der Waals surface area contributed by atoms with E-state index in [4.69, 9.17) is 14.2 Å². The van der Waals surface area contributed by atoms with E-state index in [-0.39, 0.29) is 29.9 Å². The number of carbonyl (C=O) groups is 5. The minimum absolute atomic E-state index is 0.00269. The highest BCUT2D eigenvalue weighted by Crippen LogP contribution is 2.32. The van der Waals surface area contributed by atoms with Crippen LogP contribution in [-0.2, 0) is 28.6 Å². The number of rotatable bonds is 18. The summed E-state index contributed by atoms with van der Waals surface area (Å²) in [5.74, 6) is -2.16. The molecule has 39 heavy (non-hydrogen) atoms. The third-order valence-corrected chi connectivity index (χ3v) is 6.35. The first-order chi connectivity index (χ1) is 18.9. The van der Waals surface area contributed by atoms with Gasteiger partial charge in [0.1, 0.15) is 6.04 Å². The van der Waals surface area contributed by atoms with E-state index in [1.54, 1.807) is 18.2 Å². The molecule has 0 saturated carbocycles. The number of hydrogen-bond donors (Lipinski definition) is 3. The van der Waals surface area contributed by atoms with E-state index < -0.39 is 29.7 Å². The van der Waals surface area contributed by atoms with Crippen molar-refractivity contribution in [2.45, 2.75) is 51.5 Å². The Bertz CT molecular complexity index is 1030. The molecule has 1 fully saturated rings. The van der Waals surface area contributed by atoms with Crippen LogP contribution in [0.15, 0.2) is 18.2 Å². The van der Waals surface area contributed by atoms with E-state index in [1.165, 1.54) is 0 Å². The third-order valence-electron chi connectivity index (χ3n) is 6.35. The van der Waals surface area contributed by atoms with E-state index in [2.05, 4.69) is 22.9 Å². The molecule has 0 aliphatic carbocycles. The quantitative estimate of drug-likeness (QED) is 0.182. The Labute approximate surface area is 228 Å². The van der Waals surface area contributed by atoms with Crippen LogP contribution < -0.4 is 16.0 Å². The smallest absolute Gasteiger partial charge is 0.264 e. The topological polar surface area (TPSA) is 152 Å². The van der Waals surface area contributed by atoms with Crippen molar-refractivity contribution in [3.63, 3.8) is 0 Å². The lowest BCUT2D eigenvalue weighted by atomic mass is 10.0. The maximum Gasteiger partial charge on any atom is 0.264 e. The Morgan fingerprint density at radius 2 is 1.67 bits per heavy atom. The van der Waals surface area contributed by atoms with Crippen LogP contribution in [0.25, 0.3) is 0 Å². The number of anilines is 1. The first-order valence-electron chi connectivity index (χ1n) is 13.5. The van der Waals surface area contributed by atoms with Gasteiger partial charge in [-0.25, -0.2) is 0 Å². The SMILES string of the molecule is CCCCCNC(=O)CCOCCOCCOCCNc1cccc2c1C(=O)N(C1CCC(=O)NC1=O)C2=O. The third kappa shape index (κ3) is 8.84. The van der Waals surface area contributed by atoms with Gasteiger partial charge >= 0.3 is 0 Å². The van der Waals surface area contributed by atoms with E-state index in [0.717, 1.165) is 24.2 Å². The normalized spacial score (nSPS) is 16.8. The lowest BCUT2D eigenvalue weighted by Gasteiger charge is -2.27.